The summed E-state index contributed by atoms with van der Waals surface area (Å²) in [6.07, 6.45) is 1.58. The lowest BCUT2D eigenvalue weighted by Crippen LogP contribution is -2.28. The summed E-state index contributed by atoms with van der Waals surface area (Å²) in [7, 11) is -7.15. The van der Waals surface area contributed by atoms with Crippen LogP contribution in [0.3, 0.4) is 0 Å². The molecular weight excluding hydrogens is 365 g/mol. The van der Waals surface area contributed by atoms with Gasteiger partial charge >= 0.3 is 0 Å². The predicted octanol–water partition coefficient (Wildman–Crippen LogP) is 2.97. The molecule has 0 saturated heterocycles. The average molecular weight is 385 g/mol. The SMILES string of the molecule is CCC(NS(=O)(=O)c1ccc(F)c(C)c1)c1ccc(S(C)(=O)=O)cc1. The second-order valence-corrected chi connectivity index (χ2v) is 9.56. The van der Waals surface area contributed by atoms with Gasteiger partial charge in [0.25, 0.3) is 0 Å². The van der Waals surface area contributed by atoms with Crippen LogP contribution in [0, 0.1) is 12.7 Å². The minimum absolute atomic E-state index is 0.0161. The van der Waals surface area contributed by atoms with E-state index in [4.69, 9.17) is 0 Å². The summed E-state index contributed by atoms with van der Waals surface area (Å²) in [5, 5.41) is 0. The first-order chi connectivity index (χ1) is 11.5. The minimum atomic E-state index is -3.83. The topological polar surface area (TPSA) is 80.3 Å². The van der Waals surface area contributed by atoms with Crippen molar-refractivity contribution >= 4 is 19.9 Å². The first-order valence-corrected chi connectivity index (χ1v) is 11.0. The van der Waals surface area contributed by atoms with E-state index in [1.54, 1.807) is 12.1 Å². The lowest BCUT2D eigenvalue weighted by molar-refractivity contribution is 0.549. The Bertz CT molecular complexity index is 968. The number of hydrogen-bond acceptors (Lipinski definition) is 4. The van der Waals surface area contributed by atoms with Gasteiger partial charge in [-0.3, -0.25) is 0 Å². The van der Waals surface area contributed by atoms with Crippen LogP contribution >= 0.6 is 0 Å². The summed E-state index contributed by atoms with van der Waals surface area (Å²) in [5.74, 6) is -0.470. The van der Waals surface area contributed by atoms with Gasteiger partial charge in [-0.2, -0.15) is 0 Å². The number of halogens is 1. The molecule has 0 heterocycles. The van der Waals surface area contributed by atoms with Crippen molar-refractivity contribution in [3.63, 3.8) is 0 Å². The lowest BCUT2D eigenvalue weighted by atomic mass is 10.1. The van der Waals surface area contributed by atoms with Gasteiger partial charge in [-0.25, -0.2) is 25.9 Å². The third-order valence-electron chi connectivity index (χ3n) is 3.86. The van der Waals surface area contributed by atoms with Crippen LogP contribution in [0.15, 0.2) is 52.3 Å². The molecule has 0 aromatic heterocycles. The van der Waals surface area contributed by atoms with Gasteiger partial charge in [0.2, 0.25) is 10.0 Å². The summed E-state index contributed by atoms with van der Waals surface area (Å²) in [4.78, 5) is 0.153. The fraction of sp³-hybridized carbons (Fsp3) is 0.294. The van der Waals surface area contributed by atoms with Gasteiger partial charge in [-0.1, -0.05) is 19.1 Å². The Balaban J connectivity index is 2.30. The first-order valence-electron chi connectivity index (χ1n) is 7.63. The van der Waals surface area contributed by atoms with E-state index in [1.165, 1.54) is 31.2 Å². The normalized spacial score (nSPS) is 13.6. The van der Waals surface area contributed by atoms with E-state index in [0.29, 0.717) is 12.0 Å². The fourth-order valence-corrected chi connectivity index (χ4v) is 4.40. The zero-order valence-electron chi connectivity index (χ0n) is 14.2. The average Bonchev–Trinajstić information content (AvgIpc) is 2.54. The molecule has 0 aliphatic rings. The van der Waals surface area contributed by atoms with Gasteiger partial charge in [0.1, 0.15) is 5.82 Å². The molecule has 136 valence electrons. The Kier molecular flexibility index (Phi) is 5.65. The third-order valence-corrected chi connectivity index (χ3v) is 6.45. The van der Waals surface area contributed by atoms with Gasteiger partial charge in [-0.15, -0.1) is 0 Å². The van der Waals surface area contributed by atoms with Crippen molar-refractivity contribution in [1.29, 1.82) is 0 Å². The van der Waals surface area contributed by atoms with E-state index >= 15 is 0 Å². The molecule has 0 fully saturated rings. The zero-order valence-corrected chi connectivity index (χ0v) is 15.8. The van der Waals surface area contributed by atoms with Crippen LogP contribution in [-0.4, -0.2) is 23.1 Å². The van der Waals surface area contributed by atoms with Crippen molar-refractivity contribution in [2.24, 2.45) is 0 Å². The van der Waals surface area contributed by atoms with Crippen molar-refractivity contribution in [1.82, 2.24) is 4.72 Å². The molecule has 0 amide bonds. The number of hydrogen-bond donors (Lipinski definition) is 1. The maximum atomic E-state index is 13.4. The fourth-order valence-electron chi connectivity index (χ4n) is 2.37. The second-order valence-electron chi connectivity index (χ2n) is 5.83. The Labute approximate surface area is 147 Å². The number of sulfonamides is 1. The number of aryl methyl sites for hydroxylation is 1. The Morgan fingerprint density at radius 2 is 1.56 bits per heavy atom. The van der Waals surface area contributed by atoms with Crippen LogP contribution in [0.25, 0.3) is 0 Å². The van der Waals surface area contributed by atoms with Crippen molar-refractivity contribution in [3.05, 3.63) is 59.4 Å². The van der Waals surface area contributed by atoms with Crippen molar-refractivity contribution in [2.45, 2.75) is 36.1 Å². The Hall–Kier alpha value is -1.77. The maximum Gasteiger partial charge on any atom is 0.241 e. The van der Waals surface area contributed by atoms with Gasteiger partial charge in [-0.05, 0) is 54.8 Å². The van der Waals surface area contributed by atoms with E-state index in [-0.39, 0.29) is 15.4 Å². The van der Waals surface area contributed by atoms with Crippen LogP contribution in [0.1, 0.15) is 30.5 Å². The van der Waals surface area contributed by atoms with E-state index in [1.807, 2.05) is 6.92 Å². The highest BCUT2D eigenvalue weighted by Crippen LogP contribution is 2.22. The molecular formula is C17H20FNO4S2. The molecule has 8 heteroatoms. The molecule has 2 aromatic carbocycles. The monoisotopic (exact) mass is 385 g/mol. The van der Waals surface area contributed by atoms with Gasteiger partial charge in [0.15, 0.2) is 9.84 Å². The third kappa shape index (κ3) is 4.65. The first kappa shape index (κ1) is 19.6. The van der Waals surface area contributed by atoms with Crippen molar-refractivity contribution in [3.8, 4) is 0 Å². The van der Waals surface area contributed by atoms with Gasteiger partial charge in [0, 0.05) is 12.3 Å². The Morgan fingerprint density at radius 3 is 2.04 bits per heavy atom. The molecule has 0 saturated carbocycles. The summed E-state index contributed by atoms with van der Waals surface area (Å²) < 4.78 is 64.0. The van der Waals surface area contributed by atoms with Crippen LogP contribution in [-0.2, 0) is 19.9 Å². The number of benzene rings is 2. The van der Waals surface area contributed by atoms with Crippen molar-refractivity contribution < 1.29 is 21.2 Å². The summed E-state index contributed by atoms with van der Waals surface area (Å²) >= 11 is 0. The largest absolute Gasteiger partial charge is 0.241 e. The highest BCUT2D eigenvalue weighted by molar-refractivity contribution is 7.90. The quantitative estimate of drug-likeness (QED) is 0.829. The highest BCUT2D eigenvalue weighted by atomic mass is 32.2. The van der Waals surface area contributed by atoms with Gasteiger partial charge < -0.3 is 0 Å². The number of sulfone groups is 1. The molecule has 2 rings (SSSR count). The van der Waals surface area contributed by atoms with E-state index in [2.05, 4.69) is 4.72 Å². The molecule has 5 nitrogen and oxygen atoms in total. The smallest absolute Gasteiger partial charge is 0.224 e. The maximum absolute atomic E-state index is 13.4. The molecule has 2 aromatic rings. The zero-order chi connectivity index (χ0) is 18.8. The molecule has 1 atom stereocenters. The molecule has 25 heavy (non-hydrogen) atoms. The predicted molar refractivity (Wildman–Crippen MR) is 94.0 cm³/mol. The second kappa shape index (κ2) is 7.23. The molecule has 0 bridgehead atoms. The van der Waals surface area contributed by atoms with Crippen LogP contribution < -0.4 is 4.72 Å². The van der Waals surface area contributed by atoms with E-state index in [9.17, 15) is 21.2 Å². The van der Waals surface area contributed by atoms with Crippen LogP contribution in [0.5, 0.6) is 0 Å². The van der Waals surface area contributed by atoms with E-state index in [0.717, 1.165) is 12.3 Å². The van der Waals surface area contributed by atoms with Crippen molar-refractivity contribution in [2.75, 3.05) is 6.26 Å². The van der Waals surface area contributed by atoms with Crippen LogP contribution in [0.4, 0.5) is 4.39 Å². The molecule has 0 aliphatic carbocycles. The number of nitrogens with one attached hydrogen (secondary N) is 1. The van der Waals surface area contributed by atoms with Gasteiger partial charge in [0.05, 0.1) is 9.79 Å². The van der Waals surface area contributed by atoms with E-state index < -0.39 is 31.7 Å². The summed E-state index contributed by atoms with van der Waals surface area (Å²) in [5.41, 5.74) is 0.894. The Morgan fingerprint density at radius 1 is 1.00 bits per heavy atom. The molecule has 0 spiro atoms. The minimum Gasteiger partial charge on any atom is -0.224 e. The van der Waals surface area contributed by atoms with Crippen LogP contribution in [0.2, 0.25) is 0 Å². The standard InChI is InChI=1S/C17H20FNO4S2/c1-4-17(13-5-7-14(8-6-13)24(3,20)21)19-25(22,23)15-9-10-16(18)12(2)11-15/h5-11,17,19H,4H2,1-3H3. The summed E-state index contributed by atoms with van der Waals surface area (Å²) in [6.45, 7) is 3.31. The molecule has 0 radical (unpaired) electrons. The molecule has 1 N–H and O–H groups in total. The molecule has 1 unspecified atom stereocenters. The lowest BCUT2D eigenvalue weighted by Gasteiger charge is -2.18. The molecule has 0 aliphatic heterocycles. The highest BCUT2D eigenvalue weighted by Gasteiger charge is 2.21. The summed E-state index contributed by atoms with van der Waals surface area (Å²) in [6, 6.07) is 9.15. The number of rotatable bonds is 6.